The van der Waals surface area contributed by atoms with Crippen LogP contribution in [0.3, 0.4) is 0 Å². The molecule has 2 heteroatoms. The maximum absolute atomic E-state index is 10.3. The summed E-state index contributed by atoms with van der Waals surface area (Å²) in [7, 11) is 1.86. The average molecular weight is 193 g/mol. The maximum atomic E-state index is 10.3. The summed E-state index contributed by atoms with van der Waals surface area (Å²) in [6, 6.07) is 6.04. The van der Waals surface area contributed by atoms with Gasteiger partial charge >= 0.3 is 0 Å². The lowest BCUT2D eigenvalue weighted by molar-refractivity contribution is -0.107. The van der Waals surface area contributed by atoms with Gasteiger partial charge in [0, 0.05) is 19.2 Å². The summed E-state index contributed by atoms with van der Waals surface area (Å²) in [4.78, 5) is 10.3. The van der Waals surface area contributed by atoms with Gasteiger partial charge in [-0.05, 0) is 24.1 Å². The molecule has 1 N–H and O–H groups in total. The summed E-state index contributed by atoms with van der Waals surface area (Å²) >= 11 is 0. The van der Waals surface area contributed by atoms with Crippen LogP contribution in [0.2, 0.25) is 0 Å². The monoisotopic (exact) mass is 193 g/mol. The predicted octanol–water partition coefficient (Wildman–Crippen LogP) is 2.80. The molecule has 0 atom stereocenters. The number of nitrogens with one attached hydrogen (secondary N) is 1. The van der Waals surface area contributed by atoms with E-state index in [1.807, 2.05) is 46.0 Å². The molecule has 2 nitrogen and oxygen atoms in total. The Labute approximate surface area is 86.3 Å². The van der Waals surface area contributed by atoms with Gasteiger partial charge in [-0.25, -0.2) is 0 Å². The first-order chi connectivity index (χ1) is 6.77. The highest BCUT2D eigenvalue weighted by atomic mass is 16.1. The third-order valence-electron chi connectivity index (χ3n) is 1.84. The fourth-order valence-corrected chi connectivity index (χ4v) is 1.19. The fourth-order valence-electron chi connectivity index (χ4n) is 1.19. The maximum Gasteiger partial charge on any atom is 0.124 e. The van der Waals surface area contributed by atoms with E-state index in [0.717, 1.165) is 17.5 Å². The lowest BCUT2D eigenvalue weighted by Gasteiger charge is -2.06. The van der Waals surface area contributed by atoms with Crippen molar-refractivity contribution in [2.24, 2.45) is 0 Å². The van der Waals surface area contributed by atoms with Gasteiger partial charge in [0.25, 0.3) is 0 Å². The van der Waals surface area contributed by atoms with E-state index in [0.29, 0.717) is 6.42 Å². The van der Waals surface area contributed by atoms with E-state index in [9.17, 15) is 4.79 Å². The van der Waals surface area contributed by atoms with Gasteiger partial charge in [0.1, 0.15) is 6.29 Å². The first kappa shape index (κ1) is 12.7. The van der Waals surface area contributed by atoms with Crippen molar-refractivity contribution in [2.45, 2.75) is 27.2 Å². The zero-order valence-electron chi connectivity index (χ0n) is 9.42. The lowest BCUT2D eigenvalue weighted by atomic mass is 10.1. The third kappa shape index (κ3) is 3.60. The summed E-state index contributed by atoms with van der Waals surface area (Å²) in [5.74, 6) is 0. The first-order valence-corrected chi connectivity index (χ1v) is 4.99. The molecule has 0 bridgehead atoms. The van der Waals surface area contributed by atoms with Gasteiger partial charge in [0.15, 0.2) is 0 Å². The number of rotatable bonds is 3. The van der Waals surface area contributed by atoms with Crippen molar-refractivity contribution in [3.8, 4) is 0 Å². The van der Waals surface area contributed by atoms with E-state index in [2.05, 4.69) is 5.32 Å². The first-order valence-electron chi connectivity index (χ1n) is 4.99. The minimum Gasteiger partial charge on any atom is -0.388 e. The lowest BCUT2D eigenvalue weighted by Crippen LogP contribution is -1.96. The Morgan fingerprint density at radius 2 is 2.00 bits per heavy atom. The molecule has 1 aromatic rings. The van der Waals surface area contributed by atoms with Gasteiger partial charge < -0.3 is 10.1 Å². The summed E-state index contributed by atoms with van der Waals surface area (Å²) in [5.41, 5.74) is 3.30. The Hall–Kier alpha value is -1.31. The van der Waals surface area contributed by atoms with E-state index < -0.39 is 0 Å². The van der Waals surface area contributed by atoms with Crippen molar-refractivity contribution in [3.05, 3.63) is 29.3 Å². The van der Waals surface area contributed by atoms with Crippen LogP contribution in [0.4, 0.5) is 5.69 Å². The van der Waals surface area contributed by atoms with E-state index >= 15 is 0 Å². The fraction of sp³-hybridized carbons (Fsp3) is 0.417. The molecule has 1 aromatic carbocycles. The number of anilines is 1. The SMILES string of the molecule is CC.CNc1cc(C)ccc1CC=O. The van der Waals surface area contributed by atoms with Gasteiger partial charge in [0.05, 0.1) is 0 Å². The van der Waals surface area contributed by atoms with Gasteiger partial charge in [-0.3, -0.25) is 0 Å². The molecule has 14 heavy (non-hydrogen) atoms. The van der Waals surface area contributed by atoms with Crippen LogP contribution in [0.25, 0.3) is 0 Å². The summed E-state index contributed by atoms with van der Waals surface area (Å²) in [5, 5.41) is 3.06. The molecular formula is C12H19NO. The van der Waals surface area contributed by atoms with E-state index in [1.54, 1.807) is 0 Å². The molecule has 0 aromatic heterocycles. The van der Waals surface area contributed by atoms with Gasteiger partial charge in [0.2, 0.25) is 0 Å². The molecule has 0 radical (unpaired) electrons. The van der Waals surface area contributed by atoms with Crippen molar-refractivity contribution in [1.82, 2.24) is 0 Å². The highest BCUT2D eigenvalue weighted by Gasteiger charge is 1.99. The molecule has 0 fully saturated rings. The Morgan fingerprint density at radius 1 is 1.36 bits per heavy atom. The quantitative estimate of drug-likeness (QED) is 0.748. The number of aldehydes is 1. The molecule has 1 rings (SSSR count). The molecule has 0 saturated heterocycles. The van der Waals surface area contributed by atoms with Crippen LogP contribution >= 0.6 is 0 Å². The Kier molecular flexibility index (Phi) is 6.46. The highest BCUT2D eigenvalue weighted by molar-refractivity contribution is 5.63. The van der Waals surface area contributed by atoms with E-state index in [4.69, 9.17) is 0 Å². The number of carbonyl (C=O) groups excluding carboxylic acids is 1. The average Bonchev–Trinajstić information content (AvgIpc) is 2.24. The van der Waals surface area contributed by atoms with Gasteiger partial charge in [-0.15, -0.1) is 0 Å². The molecule has 0 unspecified atom stereocenters. The van der Waals surface area contributed by atoms with Crippen LogP contribution in [-0.2, 0) is 11.2 Å². The second kappa shape index (κ2) is 7.13. The smallest absolute Gasteiger partial charge is 0.124 e. The number of carbonyl (C=O) groups is 1. The third-order valence-corrected chi connectivity index (χ3v) is 1.84. The van der Waals surface area contributed by atoms with Gasteiger partial charge in [-0.2, -0.15) is 0 Å². The topological polar surface area (TPSA) is 29.1 Å². The normalized spacial score (nSPS) is 8.57. The van der Waals surface area contributed by atoms with Crippen LogP contribution in [0.1, 0.15) is 25.0 Å². The number of aryl methyl sites for hydroxylation is 1. The summed E-state index contributed by atoms with van der Waals surface area (Å²) in [6.45, 7) is 6.03. The van der Waals surface area contributed by atoms with Crippen LogP contribution in [-0.4, -0.2) is 13.3 Å². The largest absolute Gasteiger partial charge is 0.388 e. The minimum absolute atomic E-state index is 0.483. The van der Waals surface area contributed by atoms with Crippen molar-refractivity contribution >= 4 is 12.0 Å². The molecule has 0 aliphatic rings. The number of hydrogen-bond acceptors (Lipinski definition) is 2. The van der Waals surface area contributed by atoms with Crippen LogP contribution in [0.15, 0.2) is 18.2 Å². The van der Waals surface area contributed by atoms with Gasteiger partial charge in [-0.1, -0.05) is 26.0 Å². The molecule has 0 heterocycles. The Morgan fingerprint density at radius 3 is 2.50 bits per heavy atom. The molecule has 0 aliphatic heterocycles. The Balaban J connectivity index is 0.000000791. The van der Waals surface area contributed by atoms with Crippen LogP contribution in [0, 0.1) is 6.92 Å². The molecule has 0 spiro atoms. The molecule has 0 amide bonds. The standard InChI is InChI=1S/C10H13NO.C2H6/c1-8-3-4-9(5-6-12)10(7-8)11-2;1-2/h3-4,6-7,11H,5H2,1-2H3;1-2H3. The molecular weight excluding hydrogens is 174 g/mol. The zero-order chi connectivity index (χ0) is 11.0. The van der Waals surface area contributed by atoms with Crippen molar-refractivity contribution < 1.29 is 4.79 Å². The predicted molar refractivity (Wildman–Crippen MR) is 61.8 cm³/mol. The molecule has 0 saturated carbocycles. The highest BCUT2D eigenvalue weighted by Crippen LogP contribution is 2.16. The number of hydrogen-bond donors (Lipinski definition) is 1. The summed E-state index contributed by atoms with van der Waals surface area (Å²) < 4.78 is 0. The van der Waals surface area contributed by atoms with Crippen LogP contribution in [0.5, 0.6) is 0 Å². The Bertz CT molecular complexity index is 282. The van der Waals surface area contributed by atoms with Crippen molar-refractivity contribution in [3.63, 3.8) is 0 Å². The minimum atomic E-state index is 0.483. The van der Waals surface area contributed by atoms with Crippen LogP contribution < -0.4 is 5.32 Å². The molecule has 78 valence electrons. The van der Waals surface area contributed by atoms with E-state index in [-0.39, 0.29) is 0 Å². The number of benzene rings is 1. The van der Waals surface area contributed by atoms with Crippen molar-refractivity contribution in [1.29, 1.82) is 0 Å². The van der Waals surface area contributed by atoms with E-state index in [1.165, 1.54) is 5.56 Å². The van der Waals surface area contributed by atoms with Crippen molar-refractivity contribution in [2.75, 3.05) is 12.4 Å². The summed E-state index contributed by atoms with van der Waals surface area (Å²) in [6.07, 6.45) is 1.40. The zero-order valence-corrected chi connectivity index (χ0v) is 9.42. The second-order valence-corrected chi connectivity index (χ2v) is 2.78. The second-order valence-electron chi connectivity index (χ2n) is 2.78. The molecule has 0 aliphatic carbocycles.